The Morgan fingerprint density at radius 3 is 2.22 bits per heavy atom. The molecule has 1 heterocycles. The number of imide groups is 1. The molecule has 0 spiro atoms. The summed E-state index contributed by atoms with van der Waals surface area (Å²) in [5.74, 6) is -1.04. The maximum Gasteiger partial charge on any atom is 0.306 e. The van der Waals surface area contributed by atoms with Crippen LogP contribution in [0, 0.1) is 23.7 Å². The third-order valence-electron chi connectivity index (χ3n) is 10.4. The molecule has 1 saturated heterocycles. The zero-order valence-electron chi connectivity index (χ0n) is 30.5. The molecule has 1 unspecified atom stereocenters. The van der Waals surface area contributed by atoms with Crippen molar-refractivity contribution in [1.29, 1.82) is 0 Å². The minimum absolute atomic E-state index is 0.0113. The molecule has 3 aliphatic rings. The van der Waals surface area contributed by atoms with Crippen molar-refractivity contribution < 1.29 is 53.2 Å². The van der Waals surface area contributed by atoms with Gasteiger partial charge in [-0.1, -0.05) is 30.3 Å². The number of esters is 2. The monoisotopic (exact) mass is 766 g/mol. The third-order valence-corrected chi connectivity index (χ3v) is 11.7. The number of fused-ring (bicyclic) bond motifs is 5. The van der Waals surface area contributed by atoms with Crippen LogP contribution in [0.5, 0.6) is 11.5 Å². The third kappa shape index (κ3) is 11.3. The van der Waals surface area contributed by atoms with Crippen LogP contribution in [0.15, 0.2) is 48.5 Å². The number of amides is 3. The topological polar surface area (TPSA) is 186 Å². The number of thioether (sulfide) groups is 1. The second kappa shape index (κ2) is 20.3. The summed E-state index contributed by atoms with van der Waals surface area (Å²) >= 11 is 1.47. The smallest absolute Gasteiger partial charge is 0.306 e. The Kier molecular flexibility index (Phi) is 15.3. The Balaban J connectivity index is 0.896. The summed E-state index contributed by atoms with van der Waals surface area (Å²) in [6.07, 6.45) is 5.54. The van der Waals surface area contributed by atoms with Crippen molar-refractivity contribution in [3.8, 4) is 11.5 Å². The van der Waals surface area contributed by atoms with E-state index in [1.54, 1.807) is 0 Å². The molecule has 2 bridgehead atoms. The van der Waals surface area contributed by atoms with Crippen LogP contribution in [0.4, 0.5) is 0 Å². The molecule has 0 aromatic heterocycles. The van der Waals surface area contributed by atoms with Crippen LogP contribution in [0.3, 0.4) is 0 Å². The highest BCUT2D eigenvalue weighted by Crippen LogP contribution is 2.56. The number of likely N-dealkylation sites (tertiary alicyclic amines) is 1. The number of carbonyl (C=O) groups excluding carboxylic acids is 6. The Morgan fingerprint density at radius 1 is 0.796 bits per heavy atom. The number of carbonyl (C=O) groups is 6. The first-order valence-corrected chi connectivity index (χ1v) is 19.9. The van der Waals surface area contributed by atoms with E-state index in [-0.39, 0.29) is 110 Å². The molecule has 3 N–H and O–H groups in total. The fourth-order valence-corrected chi connectivity index (χ4v) is 8.89. The van der Waals surface area contributed by atoms with Gasteiger partial charge in [0.1, 0.15) is 12.4 Å². The molecule has 2 aromatic carbocycles. The van der Waals surface area contributed by atoms with E-state index in [2.05, 4.69) is 5.32 Å². The van der Waals surface area contributed by atoms with E-state index in [0.717, 1.165) is 37.3 Å². The normalized spacial score (nSPS) is 20.5. The van der Waals surface area contributed by atoms with E-state index in [0.29, 0.717) is 37.0 Å². The Morgan fingerprint density at radius 2 is 1.50 bits per heavy atom. The summed E-state index contributed by atoms with van der Waals surface area (Å²) in [6, 6.07) is 13.3. The number of ketones is 1. The molecule has 292 valence electrons. The fraction of sp³-hybridized carbons (Fsp3) is 0.550. The highest BCUT2D eigenvalue weighted by atomic mass is 32.2. The number of phenols is 2. The minimum atomic E-state index is -0.438. The van der Waals surface area contributed by atoms with E-state index < -0.39 is 17.8 Å². The van der Waals surface area contributed by atoms with Crippen LogP contribution in [-0.2, 0) is 38.2 Å². The Labute approximate surface area is 319 Å². The van der Waals surface area contributed by atoms with Crippen molar-refractivity contribution in [2.24, 2.45) is 23.7 Å². The highest BCUT2D eigenvalue weighted by molar-refractivity contribution is 7.99. The largest absolute Gasteiger partial charge is 0.504 e. The van der Waals surface area contributed by atoms with Gasteiger partial charge in [0, 0.05) is 42.5 Å². The van der Waals surface area contributed by atoms with Crippen molar-refractivity contribution in [1.82, 2.24) is 10.2 Å². The molecule has 2 saturated carbocycles. The first-order chi connectivity index (χ1) is 26.1. The molecular weight excluding hydrogens is 717 g/mol. The second-order valence-corrected chi connectivity index (χ2v) is 15.4. The van der Waals surface area contributed by atoms with Crippen LogP contribution in [0.2, 0.25) is 0 Å². The van der Waals surface area contributed by atoms with E-state index in [4.69, 9.17) is 14.2 Å². The number of Topliss-reactive ketones (excluding diaryl/α,β-unsaturated/α-hetero) is 1. The molecule has 2 aliphatic carbocycles. The number of benzene rings is 2. The van der Waals surface area contributed by atoms with Gasteiger partial charge in [-0.2, -0.15) is 11.8 Å². The van der Waals surface area contributed by atoms with Gasteiger partial charge in [-0.25, -0.2) is 0 Å². The SMILES string of the molecule is O=C(CCC(=O)OCCCCCN1C(=O)[C@@H]2[C@H]3CC[C@H](C3)[C@@H]2C1=O)CC(SCCC(=O)OCCOCCNC(=O)c1ccc(O)c(O)c1)c1ccccc1. The predicted molar refractivity (Wildman–Crippen MR) is 198 cm³/mol. The molecule has 0 radical (unpaired) electrons. The van der Waals surface area contributed by atoms with E-state index in [1.165, 1.54) is 28.8 Å². The lowest BCUT2D eigenvalue weighted by Crippen LogP contribution is -2.33. The lowest BCUT2D eigenvalue weighted by molar-refractivity contribution is -0.145. The van der Waals surface area contributed by atoms with Crippen LogP contribution in [0.25, 0.3) is 0 Å². The lowest BCUT2D eigenvalue weighted by Gasteiger charge is -2.19. The van der Waals surface area contributed by atoms with Gasteiger partial charge >= 0.3 is 11.9 Å². The van der Waals surface area contributed by atoms with Gasteiger partial charge in [0.2, 0.25) is 11.8 Å². The number of nitrogens with one attached hydrogen (secondary N) is 1. The quantitative estimate of drug-likeness (QED) is 0.0612. The first-order valence-electron chi connectivity index (χ1n) is 18.8. The fourth-order valence-electron chi connectivity index (χ4n) is 7.67. The Hall–Kier alpha value is -4.43. The second-order valence-electron chi connectivity index (χ2n) is 14.0. The molecule has 5 rings (SSSR count). The van der Waals surface area contributed by atoms with Gasteiger partial charge in [-0.3, -0.25) is 33.7 Å². The standard InChI is InChI=1S/C40H50N2O11S/c43-30(12-14-34(46)52-18-6-2-5-17-42-39(49)36-27-9-10-28(23-27)37(36)40(42)50)25-33(26-7-3-1-4-8-26)54-22-15-35(47)53-21-20-51-19-16-41-38(48)29-11-13-31(44)32(45)24-29/h1,3-4,7-8,11,13,24,27-28,33,36-37,44-45H,2,5-6,9-10,12,14-23,25H2,(H,41,48)/t27-,28+,33?,36+,37-. The number of nitrogens with zero attached hydrogens (tertiary/aromatic N) is 1. The molecule has 54 heavy (non-hydrogen) atoms. The van der Waals surface area contributed by atoms with E-state index in [1.807, 2.05) is 30.3 Å². The molecule has 14 heteroatoms. The number of ether oxygens (including phenoxy) is 3. The van der Waals surface area contributed by atoms with Crippen molar-refractivity contribution in [2.75, 3.05) is 45.3 Å². The van der Waals surface area contributed by atoms with E-state index in [9.17, 15) is 39.0 Å². The van der Waals surface area contributed by atoms with Crippen LogP contribution < -0.4 is 5.32 Å². The molecular formula is C40H50N2O11S. The van der Waals surface area contributed by atoms with Crippen LogP contribution in [-0.4, -0.2) is 95.8 Å². The number of hydrogen-bond donors (Lipinski definition) is 3. The van der Waals surface area contributed by atoms with Gasteiger partial charge in [0.25, 0.3) is 5.91 Å². The number of aromatic hydroxyl groups is 2. The number of unbranched alkanes of at least 4 members (excludes halogenated alkanes) is 2. The van der Waals surface area contributed by atoms with Gasteiger partial charge in [0.15, 0.2) is 11.5 Å². The number of phenolic OH excluding ortho intramolecular Hbond substituents is 2. The summed E-state index contributed by atoms with van der Waals surface area (Å²) in [4.78, 5) is 76.8. The van der Waals surface area contributed by atoms with Gasteiger partial charge in [-0.05, 0) is 74.1 Å². The molecule has 3 fully saturated rings. The molecule has 3 amide bonds. The van der Waals surface area contributed by atoms with Gasteiger partial charge < -0.3 is 29.7 Å². The summed E-state index contributed by atoms with van der Waals surface area (Å²) in [5, 5.41) is 21.3. The number of rotatable bonds is 23. The first kappa shape index (κ1) is 40.7. The Bertz CT molecular complexity index is 1610. The van der Waals surface area contributed by atoms with Crippen molar-refractivity contribution in [2.45, 2.75) is 69.5 Å². The van der Waals surface area contributed by atoms with Gasteiger partial charge in [0.05, 0.1) is 44.5 Å². The average molecular weight is 767 g/mol. The predicted octanol–water partition coefficient (Wildman–Crippen LogP) is 4.74. The summed E-state index contributed by atoms with van der Waals surface area (Å²) in [7, 11) is 0. The van der Waals surface area contributed by atoms with Crippen LogP contribution >= 0.6 is 11.8 Å². The van der Waals surface area contributed by atoms with Gasteiger partial charge in [-0.15, -0.1) is 0 Å². The number of hydrogen-bond acceptors (Lipinski definition) is 12. The summed E-state index contributed by atoms with van der Waals surface area (Å²) in [5.41, 5.74) is 1.14. The zero-order chi connectivity index (χ0) is 38.5. The molecule has 2 aromatic rings. The lowest BCUT2D eigenvalue weighted by atomic mass is 9.81. The molecule has 1 aliphatic heterocycles. The van der Waals surface area contributed by atoms with Crippen molar-refractivity contribution in [3.05, 3.63) is 59.7 Å². The van der Waals surface area contributed by atoms with Crippen LogP contribution in [0.1, 0.15) is 85.4 Å². The van der Waals surface area contributed by atoms with Crippen molar-refractivity contribution in [3.63, 3.8) is 0 Å². The molecule has 13 nitrogen and oxygen atoms in total. The maximum atomic E-state index is 12.9. The summed E-state index contributed by atoms with van der Waals surface area (Å²) < 4.78 is 16.0. The zero-order valence-corrected chi connectivity index (χ0v) is 31.3. The summed E-state index contributed by atoms with van der Waals surface area (Å²) in [6.45, 7) is 1.21. The molecule has 5 atom stereocenters. The minimum Gasteiger partial charge on any atom is -0.504 e. The highest BCUT2D eigenvalue weighted by Gasteiger charge is 2.60. The average Bonchev–Trinajstić information content (AvgIpc) is 3.86. The van der Waals surface area contributed by atoms with Crippen molar-refractivity contribution >= 4 is 47.2 Å². The maximum absolute atomic E-state index is 12.9. The van der Waals surface area contributed by atoms with E-state index >= 15 is 0 Å².